The highest BCUT2D eigenvalue weighted by atomic mass is 19.4. The van der Waals surface area contributed by atoms with Crippen molar-refractivity contribution in [2.24, 2.45) is 0 Å². The van der Waals surface area contributed by atoms with Gasteiger partial charge in [0, 0.05) is 6.54 Å². The summed E-state index contributed by atoms with van der Waals surface area (Å²) in [4.78, 5) is 13.9. The summed E-state index contributed by atoms with van der Waals surface area (Å²) >= 11 is 0. The number of esters is 1. The number of hydrogen-bond donors (Lipinski definition) is 0. The topological polar surface area (TPSA) is 29.5 Å². The van der Waals surface area contributed by atoms with Gasteiger partial charge in [0.05, 0.1) is 17.7 Å². The second kappa shape index (κ2) is 7.83. The number of hydrogen-bond acceptors (Lipinski definition) is 3. The molecule has 1 aromatic rings. The molecule has 1 aliphatic rings. The molecule has 0 spiro atoms. The van der Waals surface area contributed by atoms with E-state index in [0.29, 0.717) is 5.56 Å². The van der Waals surface area contributed by atoms with Gasteiger partial charge in [0.25, 0.3) is 0 Å². The third-order valence-electron chi connectivity index (χ3n) is 4.15. The Kier molecular flexibility index (Phi) is 6.04. The van der Waals surface area contributed by atoms with Crippen molar-refractivity contribution < 1.29 is 22.7 Å². The van der Waals surface area contributed by atoms with Gasteiger partial charge in [0.2, 0.25) is 0 Å². The molecule has 0 amide bonds. The number of ether oxygens (including phenoxy) is 1. The first-order chi connectivity index (χ1) is 11.4. The third kappa shape index (κ3) is 4.38. The Morgan fingerprint density at radius 2 is 1.96 bits per heavy atom. The summed E-state index contributed by atoms with van der Waals surface area (Å²) < 4.78 is 45.5. The van der Waals surface area contributed by atoms with Crippen molar-refractivity contribution in [3.8, 4) is 0 Å². The first kappa shape index (κ1) is 18.5. The van der Waals surface area contributed by atoms with Crippen LogP contribution in [0.3, 0.4) is 0 Å². The lowest BCUT2D eigenvalue weighted by Crippen LogP contribution is -2.30. The zero-order valence-corrected chi connectivity index (χ0v) is 13.8. The van der Waals surface area contributed by atoms with E-state index >= 15 is 0 Å². The first-order valence-corrected chi connectivity index (χ1v) is 8.12. The predicted molar refractivity (Wildman–Crippen MR) is 86.6 cm³/mol. The van der Waals surface area contributed by atoms with Crippen LogP contribution in [-0.4, -0.2) is 30.6 Å². The van der Waals surface area contributed by atoms with Crippen molar-refractivity contribution in [2.75, 3.05) is 19.7 Å². The van der Waals surface area contributed by atoms with Crippen LogP contribution in [0.5, 0.6) is 0 Å². The average Bonchev–Trinajstić information content (AvgIpc) is 2.55. The maximum Gasteiger partial charge on any atom is 0.416 e. The Balaban J connectivity index is 2.46. The number of benzene rings is 1. The van der Waals surface area contributed by atoms with Crippen LogP contribution in [0.2, 0.25) is 0 Å². The fourth-order valence-corrected chi connectivity index (χ4v) is 2.98. The second-order valence-electron chi connectivity index (χ2n) is 5.85. The SMILES string of the molecule is C=Cc1cc(C(=O)OCC)cc(C(F)(F)F)c1CN1CCCCC1. The molecule has 3 nitrogen and oxygen atoms in total. The molecule has 0 aromatic heterocycles. The number of carbonyl (C=O) groups is 1. The lowest BCUT2D eigenvalue weighted by molar-refractivity contribution is -0.138. The average molecular weight is 341 g/mol. The van der Waals surface area contributed by atoms with E-state index in [4.69, 9.17) is 4.74 Å². The Bertz CT molecular complexity index is 605. The van der Waals surface area contributed by atoms with Gasteiger partial charge in [0.15, 0.2) is 0 Å². The number of rotatable bonds is 5. The number of likely N-dealkylation sites (tertiary alicyclic amines) is 1. The molecule has 0 atom stereocenters. The molecule has 0 radical (unpaired) electrons. The molecule has 0 saturated carbocycles. The minimum Gasteiger partial charge on any atom is -0.462 e. The van der Waals surface area contributed by atoms with Gasteiger partial charge >= 0.3 is 12.1 Å². The molecule has 0 bridgehead atoms. The van der Waals surface area contributed by atoms with Crippen molar-refractivity contribution >= 4 is 12.0 Å². The highest BCUT2D eigenvalue weighted by Gasteiger charge is 2.35. The minimum absolute atomic E-state index is 0.0959. The van der Waals surface area contributed by atoms with Crippen LogP contribution in [0, 0.1) is 0 Å². The summed E-state index contributed by atoms with van der Waals surface area (Å²) in [7, 11) is 0. The lowest BCUT2D eigenvalue weighted by Gasteiger charge is -2.28. The van der Waals surface area contributed by atoms with Gasteiger partial charge in [-0.1, -0.05) is 19.1 Å². The van der Waals surface area contributed by atoms with Crippen LogP contribution < -0.4 is 0 Å². The van der Waals surface area contributed by atoms with Crippen molar-refractivity contribution in [3.63, 3.8) is 0 Å². The van der Waals surface area contributed by atoms with E-state index in [-0.39, 0.29) is 24.3 Å². The van der Waals surface area contributed by atoms with Crippen LogP contribution in [-0.2, 0) is 17.5 Å². The molecule has 6 heteroatoms. The molecule has 2 rings (SSSR count). The van der Waals surface area contributed by atoms with E-state index in [0.717, 1.165) is 38.4 Å². The molecule has 1 aliphatic heterocycles. The number of piperidine rings is 1. The van der Waals surface area contributed by atoms with Crippen LogP contribution in [0.15, 0.2) is 18.7 Å². The summed E-state index contributed by atoms with van der Waals surface area (Å²) in [5.41, 5.74) is -0.374. The van der Waals surface area contributed by atoms with Gasteiger partial charge < -0.3 is 4.74 Å². The van der Waals surface area contributed by atoms with E-state index in [1.54, 1.807) is 6.92 Å². The monoisotopic (exact) mass is 341 g/mol. The maximum atomic E-state index is 13.5. The highest BCUT2D eigenvalue weighted by Crippen LogP contribution is 2.36. The van der Waals surface area contributed by atoms with Gasteiger partial charge in [-0.3, -0.25) is 4.90 Å². The van der Waals surface area contributed by atoms with Crippen molar-refractivity contribution in [2.45, 2.75) is 38.9 Å². The molecule has 0 N–H and O–H groups in total. The summed E-state index contributed by atoms with van der Waals surface area (Å²) in [6, 6.07) is 2.32. The third-order valence-corrected chi connectivity index (χ3v) is 4.15. The summed E-state index contributed by atoms with van der Waals surface area (Å²) in [6.07, 6.45) is -0.0707. The van der Waals surface area contributed by atoms with Gasteiger partial charge in [0.1, 0.15) is 0 Å². The van der Waals surface area contributed by atoms with E-state index in [2.05, 4.69) is 6.58 Å². The van der Waals surface area contributed by atoms with E-state index in [1.807, 2.05) is 4.90 Å². The van der Waals surface area contributed by atoms with E-state index < -0.39 is 17.7 Å². The van der Waals surface area contributed by atoms with Gasteiger partial charge in [-0.2, -0.15) is 13.2 Å². The zero-order valence-electron chi connectivity index (χ0n) is 13.8. The Labute approximate surface area is 140 Å². The smallest absolute Gasteiger partial charge is 0.416 e. The number of halogens is 3. The molecule has 24 heavy (non-hydrogen) atoms. The Hall–Kier alpha value is -1.82. The zero-order chi connectivity index (χ0) is 17.7. The number of alkyl halides is 3. The van der Waals surface area contributed by atoms with Gasteiger partial charge in [-0.05, 0) is 56.1 Å². The van der Waals surface area contributed by atoms with Crippen LogP contribution >= 0.6 is 0 Å². The summed E-state index contributed by atoms with van der Waals surface area (Å²) in [5, 5.41) is 0. The quantitative estimate of drug-likeness (QED) is 0.738. The van der Waals surface area contributed by atoms with E-state index in [1.165, 1.54) is 12.1 Å². The van der Waals surface area contributed by atoms with Crippen molar-refractivity contribution in [1.29, 1.82) is 0 Å². The Morgan fingerprint density at radius 1 is 1.29 bits per heavy atom. The maximum absolute atomic E-state index is 13.5. The first-order valence-electron chi connectivity index (χ1n) is 8.12. The molecular formula is C18H22F3NO2. The molecule has 1 fully saturated rings. The molecule has 1 heterocycles. The predicted octanol–water partition coefficient (Wildman–Crippen LogP) is 4.51. The van der Waals surface area contributed by atoms with Gasteiger partial charge in [-0.15, -0.1) is 0 Å². The molecule has 0 unspecified atom stereocenters. The van der Waals surface area contributed by atoms with E-state index in [9.17, 15) is 18.0 Å². The minimum atomic E-state index is -4.54. The molecule has 1 saturated heterocycles. The highest BCUT2D eigenvalue weighted by molar-refractivity contribution is 5.90. The molecule has 1 aromatic carbocycles. The normalized spacial score (nSPS) is 16.0. The fourth-order valence-electron chi connectivity index (χ4n) is 2.98. The number of carbonyl (C=O) groups excluding carboxylic acids is 1. The van der Waals surface area contributed by atoms with Crippen LogP contribution in [0.1, 0.15) is 53.2 Å². The standard InChI is InChI=1S/C18H22F3NO2/c1-3-13-10-14(17(23)24-4-2)11-16(18(19,20)21)15(13)12-22-8-6-5-7-9-22/h3,10-11H,1,4-9,12H2,2H3. The van der Waals surface area contributed by atoms with Crippen molar-refractivity contribution in [3.05, 3.63) is 41.0 Å². The summed E-state index contributed by atoms with van der Waals surface area (Å²) in [6.45, 7) is 7.12. The van der Waals surface area contributed by atoms with Gasteiger partial charge in [-0.25, -0.2) is 4.79 Å². The number of nitrogens with zero attached hydrogens (tertiary/aromatic N) is 1. The molecular weight excluding hydrogens is 319 g/mol. The second-order valence-corrected chi connectivity index (χ2v) is 5.85. The molecule has 0 aliphatic carbocycles. The Morgan fingerprint density at radius 3 is 2.50 bits per heavy atom. The molecule has 132 valence electrons. The lowest BCUT2D eigenvalue weighted by atomic mass is 9.95. The summed E-state index contributed by atoms with van der Waals surface area (Å²) in [5.74, 6) is -0.754. The van der Waals surface area contributed by atoms with Crippen LogP contribution in [0.25, 0.3) is 6.08 Å². The fraction of sp³-hybridized carbons (Fsp3) is 0.500. The largest absolute Gasteiger partial charge is 0.462 e. The van der Waals surface area contributed by atoms with Crippen LogP contribution in [0.4, 0.5) is 13.2 Å². The van der Waals surface area contributed by atoms with Crippen molar-refractivity contribution in [1.82, 2.24) is 4.90 Å².